The second-order valence-electron chi connectivity index (χ2n) is 5.34. The molecule has 5 heteroatoms. The highest BCUT2D eigenvalue weighted by atomic mass is 32.2. The minimum absolute atomic E-state index is 0.0789. The van der Waals surface area contributed by atoms with E-state index in [2.05, 4.69) is 0 Å². The van der Waals surface area contributed by atoms with Crippen molar-refractivity contribution in [3.05, 3.63) is 35.9 Å². The molecule has 1 aliphatic rings. The fourth-order valence-corrected chi connectivity index (χ4v) is 3.26. The summed E-state index contributed by atoms with van der Waals surface area (Å²) in [4.78, 5) is 25.9. The Labute approximate surface area is 130 Å². The van der Waals surface area contributed by atoms with Crippen LogP contribution in [-0.4, -0.2) is 47.7 Å². The second kappa shape index (κ2) is 8.20. The predicted octanol–water partition coefficient (Wildman–Crippen LogP) is 1.80. The summed E-state index contributed by atoms with van der Waals surface area (Å²) >= 11 is 1.40. The van der Waals surface area contributed by atoms with E-state index in [4.69, 9.17) is 5.73 Å². The maximum atomic E-state index is 12.1. The van der Waals surface area contributed by atoms with E-state index in [1.807, 2.05) is 35.2 Å². The molecule has 114 valence electrons. The third kappa shape index (κ3) is 4.86. The van der Waals surface area contributed by atoms with Crippen molar-refractivity contribution in [1.82, 2.24) is 4.90 Å². The number of carbonyl (C=O) groups excluding carboxylic acids is 2. The van der Waals surface area contributed by atoms with Crippen molar-refractivity contribution < 1.29 is 9.59 Å². The number of hydrogen-bond acceptors (Lipinski definition) is 4. The first-order valence-electron chi connectivity index (χ1n) is 7.34. The monoisotopic (exact) mass is 306 g/mol. The lowest BCUT2D eigenvalue weighted by Gasteiger charge is -2.31. The van der Waals surface area contributed by atoms with Crippen LogP contribution in [0.1, 0.15) is 23.2 Å². The van der Waals surface area contributed by atoms with Crippen molar-refractivity contribution in [2.24, 2.45) is 11.7 Å². The minimum Gasteiger partial charge on any atom is -0.342 e. The average Bonchev–Trinajstić information content (AvgIpc) is 2.55. The molecule has 1 fully saturated rings. The molecule has 1 amide bonds. The van der Waals surface area contributed by atoms with E-state index in [0.717, 1.165) is 25.9 Å². The van der Waals surface area contributed by atoms with Crippen molar-refractivity contribution in [3.8, 4) is 0 Å². The summed E-state index contributed by atoms with van der Waals surface area (Å²) in [6.07, 6.45) is 1.99. The van der Waals surface area contributed by atoms with E-state index >= 15 is 0 Å². The Hall–Kier alpha value is -1.33. The van der Waals surface area contributed by atoms with Gasteiger partial charge in [-0.1, -0.05) is 30.3 Å². The molecule has 0 saturated carbocycles. The molecule has 21 heavy (non-hydrogen) atoms. The molecule has 0 spiro atoms. The molecule has 1 aliphatic heterocycles. The van der Waals surface area contributed by atoms with E-state index in [1.165, 1.54) is 11.8 Å². The van der Waals surface area contributed by atoms with Gasteiger partial charge < -0.3 is 10.6 Å². The van der Waals surface area contributed by atoms with Gasteiger partial charge in [0.05, 0.1) is 11.5 Å². The van der Waals surface area contributed by atoms with Crippen molar-refractivity contribution in [2.45, 2.75) is 12.8 Å². The molecule has 1 aromatic rings. The Balaban J connectivity index is 1.69. The zero-order chi connectivity index (χ0) is 15.1. The van der Waals surface area contributed by atoms with Gasteiger partial charge in [-0.25, -0.2) is 0 Å². The fraction of sp³-hybridized carbons (Fsp3) is 0.500. The first-order valence-corrected chi connectivity index (χ1v) is 8.50. The number of nitrogens with two attached hydrogens (primary N) is 1. The predicted molar refractivity (Wildman–Crippen MR) is 86.5 cm³/mol. The summed E-state index contributed by atoms with van der Waals surface area (Å²) in [5.41, 5.74) is 6.36. The summed E-state index contributed by atoms with van der Waals surface area (Å²) in [7, 11) is 0. The molecule has 1 saturated heterocycles. The first kappa shape index (κ1) is 16.0. The molecule has 0 atom stereocenters. The Bertz CT molecular complexity index is 470. The number of amides is 1. The average molecular weight is 306 g/mol. The standard InChI is InChI=1S/C16H22N2O2S/c17-10-13-6-8-18(9-7-13)16(20)12-21-11-15(19)14-4-2-1-3-5-14/h1-5,13H,6-12,17H2. The van der Waals surface area contributed by atoms with Gasteiger partial charge >= 0.3 is 0 Å². The molecule has 1 heterocycles. The van der Waals surface area contributed by atoms with Gasteiger partial charge in [0.15, 0.2) is 5.78 Å². The van der Waals surface area contributed by atoms with E-state index in [1.54, 1.807) is 0 Å². The van der Waals surface area contributed by atoms with Crippen LogP contribution in [0.2, 0.25) is 0 Å². The molecule has 2 rings (SSSR count). The number of piperidine rings is 1. The molecule has 0 aliphatic carbocycles. The number of benzene rings is 1. The Kier molecular flexibility index (Phi) is 6.26. The molecule has 0 aromatic heterocycles. The van der Waals surface area contributed by atoms with Crippen molar-refractivity contribution >= 4 is 23.5 Å². The highest BCUT2D eigenvalue weighted by Crippen LogP contribution is 2.17. The SMILES string of the molecule is NCC1CCN(C(=O)CSCC(=O)c2ccccc2)CC1. The number of thioether (sulfide) groups is 1. The molecule has 1 aromatic carbocycles. The molecule has 0 radical (unpaired) electrons. The maximum Gasteiger partial charge on any atom is 0.232 e. The summed E-state index contributed by atoms with van der Waals surface area (Å²) in [6.45, 7) is 2.31. The summed E-state index contributed by atoms with van der Waals surface area (Å²) in [5, 5.41) is 0. The van der Waals surface area contributed by atoms with E-state index < -0.39 is 0 Å². The van der Waals surface area contributed by atoms with Crippen LogP contribution in [0.15, 0.2) is 30.3 Å². The lowest BCUT2D eigenvalue weighted by molar-refractivity contribution is -0.129. The lowest BCUT2D eigenvalue weighted by atomic mass is 9.97. The zero-order valence-corrected chi connectivity index (χ0v) is 13.0. The van der Waals surface area contributed by atoms with Crippen LogP contribution < -0.4 is 5.73 Å². The zero-order valence-electron chi connectivity index (χ0n) is 12.2. The highest BCUT2D eigenvalue weighted by molar-refractivity contribution is 8.00. The lowest BCUT2D eigenvalue weighted by Crippen LogP contribution is -2.41. The molecular formula is C16H22N2O2S. The first-order chi connectivity index (χ1) is 10.2. The van der Waals surface area contributed by atoms with Gasteiger partial charge in [-0.2, -0.15) is 0 Å². The normalized spacial score (nSPS) is 16.0. The second-order valence-corrected chi connectivity index (χ2v) is 6.33. The van der Waals surface area contributed by atoms with Gasteiger partial charge in [0.1, 0.15) is 0 Å². The number of Topliss-reactive ketones (excluding diaryl/α,β-unsaturated/α-hetero) is 1. The number of nitrogens with zero attached hydrogens (tertiary/aromatic N) is 1. The molecular weight excluding hydrogens is 284 g/mol. The van der Waals surface area contributed by atoms with Crippen molar-refractivity contribution in [2.75, 3.05) is 31.1 Å². The van der Waals surface area contributed by atoms with Gasteiger partial charge in [-0.3, -0.25) is 9.59 Å². The van der Waals surface area contributed by atoms with Crippen LogP contribution in [-0.2, 0) is 4.79 Å². The maximum absolute atomic E-state index is 12.1. The van der Waals surface area contributed by atoms with Crippen LogP contribution in [0.3, 0.4) is 0 Å². The third-order valence-electron chi connectivity index (χ3n) is 3.86. The van der Waals surface area contributed by atoms with Crippen molar-refractivity contribution in [1.29, 1.82) is 0 Å². The van der Waals surface area contributed by atoms with Crippen molar-refractivity contribution in [3.63, 3.8) is 0 Å². The number of hydrogen-bond donors (Lipinski definition) is 1. The molecule has 4 nitrogen and oxygen atoms in total. The van der Waals surface area contributed by atoms with Crippen LogP contribution in [0.5, 0.6) is 0 Å². The quantitative estimate of drug-likeness (QED) is 0.814. The van der Waals surface area contributed by atoms with Crippen LogP contribution in [0, 0.1) is 5.92 Å². The molecule has 0 bridgehead atoms. The summed E-state index contributed by atoms with van der Waals surface area (Å²) in [5.74, 6) is 1.51. The Morgan fingerprint density at radius 1 is 1.14 bits per heavy atom. The van der Waals surface area contributed by atoms with Crippen LogP contribution in [0.4, 0.5) is 0 Å². The molecule has 0 unspecified atom stereocenters. The number of ketones is 1. The smallest absolute Gasteiger partial charge is 0.232 e. The summed E-state index contributed by atoms with van der Waals surface area (Å²) < 4.78 is 0. The van der Waals surface area contributed by atoms with Gasteiger partial charge in [-0.15, -0.1) is 11.8 Å². The largest absolute Gasteiger partial charge is 0.342 e. The topological polar surface area (TPSA) is 63.4 Å². The van der Waals surface area contributed by atoms with Crippen LogP contribution in [0.25, 0.3) is 0 Å². The summed E-state index contributed by atoms with van der Waals surface area (Å²) in [6, 6.07) is 9.21. The van der Waals surface area contributed by atoms with E-state index in [0.29, 0.717) is 29.5 Å². The molecule has 2 N–H and O–H groups in total. The van der Waals surface area contributed by atoms with E-state index in [-0.39, 0.29) is 11.7 Å². The third-order valence-corrected chi connectivity index (χ3v) is 4.77. The van der Waals surface area contributed by atoms with Gasteiger partial charge in [-0.05, 0) is 25.3 Å². The number of likely N-dealkylation sites (tertiary alicyclic amines) is 1. The fourth-order valence-electron chi connectivity index (χ4n) is 2.45. The van der Waals surface area contributed by atoms with Gasteiger partial charge in [0.2, 0.25) is 5.91 Å². The Morgan fingerprint density at radius 3 is 2.43 bits per heavy atom. The van der Waals surface area contributed by atoms with Gasteiger partial charge in [0, 0.05) is 18.7 Å². The van der Waals surface area contributed by atoms with Gasteiger partial charge in [0.25, 0.3) is 0 Å². The Morgan fingerprint density at radius 2 is 1.81 bits per heavy atom. The number of rotatable bonds is 6. The minimum atomic E-state index is 0.0789. The number of carbonyl (C=O) groups is 2. The van der Waals surface area contributed by atoms with E-state index in [9.17, 15) is 9.59 Å². The van der Waals surface area contributed by atoms with Crippen LogP contribution >= 0.6 is 11.8 Å². The highest BCUT2D eigenvalue weighted by Gasteiger charge is 2.21.